The lowest BCUT2D eigenvalue weighted by molar-refractivity contribution is 0.356. The number of rotatable bonds is 3. The summed E-state index contributed by atoms with van der Waals surface area (Å²) in [5.41, 5.74) is 7.04. The van der Waals surface area contributed by atoms with Gasteiger partial charge in [-0.15, -0.1) is 0 Å². The second-order valence-electron chi connectivity index (χ2n) is 4.45. The predicted molar refractivity (Wildman–Crippen MR) is 67.5 cm³/mol. The van der Waals surface area contributed by atoms with E-state index in [9.17, 15) is 0 Å². The van der Waals surface area contributed by atoms with Crippen LogP contribution in [-0.2, 0) is 5.54 Å². The van der Waals surface area contributed by atoms with Crippen molar-refractivity contribution < 1.29 is 0 Å². The molecule has 1 fully saturated rings. The molecule has 16 heavy (non-hydrogen) atoms. The lowest BCUT2D eigenvalue weighted by Gasteiger charge is -2.30. The summed E-state index contributed by atoms with van der Waals surface area (Å²) in [6, 6.07) is 1.96. The lowest BCUT2D eigenvalue weighted by Crippen LogP contribution is -2.37. The van der Waals surface area contributed by atoms with E-state index in [4.69, 9.17) is 17.3 Å². The van der Waals surface area contributed by atoms with E-state index >= 15 is 0 Å². The quantitative estimate of drug-likeness (QED) is 0.853. The van der Waals surface area contributed by atoms with Crippen LogP contribution >= 0.6 is 11.6 Å². The average molecular weight is 240 g/mol. The zero-order valence-corrected chi connectivity index (χ0v) is 10.3. The van der Waals surface area contributed by atoms with Crippen molar-refractivity contribution in [2.24, 2.45) is 0 Å². The Labute approximate surface area is 101 Å². The van der Waals surface area contributed by atoms with E-state index in [2.05, 4.69) is 17.2 Å². The summed E-state index contributed by atoms with van der Waals surface area (Å²) in [7, 11) is 0. The van der Waals surface area contributed by atoms with Crippen LogP contribution in [0.4, 0.5) is 5.82 Å². The lowest BCUT2D eigenvalue weighted by atomic mass is 9.84. The number of hydrogen-bond acceptors (Lipinski definition) is 3. The number of nitrogens with two attached hydrogens (primary N) is 1. The number of nitrogens with one attached hydrogen (secondary N) is 1. The van der Waals surface area contributed by atoms with Gasteiger partial charge in [0.1, 0.15) is 5.82 Å². The van der Waals surface area contributed by atoms with E-state index in [1.165, 1.54) is 6.42 Å². The minimum Gasteiger partial charge on any atom is -0.383 e. The van der Waals surface area contributed by atoms with Gasteiger partial charge in [-0.25, -0.2) is 4.98 Å². The summed E-state index contributed by atoms with van der Waals surface area (Å²) >= 11 is 6.01. The molecule has 0 bridgehead atoms. The molecule has 0 radical (unpaired) electrons. The van der Waals surface area contributed by atoms with Crippen LogP contribution in [0.15, 0.2) is 12.3 Å². The summed E-state index contributed by atoms with van der Waals surface area (Å²) < 4.78 is 0. The van der Waals surface area contributed by atoms with E-state index in [1.807, 2.05) is 6.07 Å². The highest BCUT2D eigenvalue weighted by Crippen LogP contribution is 2.38. The molecule has 3 N–H and O–H groups in total. The maximum absolute atomic E-state index is 6.01. The number of anilines is 1. The average Bonchev–Trinajstić information content (AvgIpc) is 2.72. The van der Waals surface area contributed by atoms with E-state index in [0.717, 1.165) is 31.4 Å². The third-order valence-corrected chi connectivity index (χ3v) is 3.53. The van der Waals surface area contributed by atoms with Crippen LogP contribution in [0.5, 0.6) is 0 Å². The second-order valence-corrected chi connectivity index (χ2v) is 4.89. The standard InChI is InChI=1S/C12H18ClN3/c1-2-4-12(5-3-6-16-12)10-7-9(13)8-15-11(10)14/h7-8,16H,2-6H2,1H3,(H2,14,15). The summed E-state index contributed by atoms with van der Waals surface area (Å²) in [6.45, 7) is 3.24. The van der Waals surface area contributed by atoms with Gasteiger partial charge in [-0.3, -0.25) is 0 Å². The number of hydrogen-bond donors (Lipinski definition) is 2. The van der Waals surface area contributed by atoms with Crippen molar-refractivity contribution in [3.63, 3.8) is 0 Å². The van der Waals surface area contributed by atoms with Crippen LogP contribution in [-0.4, -0.2) is 11.5 Å². The molecule has 2 rings (SSSR count). The molecule has 1 aromatic heterocycles. The molecule has 0 aliphatic carbocycles. The van der Waals surface area contributed by atoms with Crippen LogP contribution in [0, 0.1) is 0 Å². The number of nitrogens with zero attached hydrogens (tertiary/aromatic N) is 1. The minimum absolute atomic E-state index is 0.00324. The molecule has 1 atom stereocenters. The first-order valence-corrected chi connectivity index (χ1v) is 6.22. The van der Waals surface area contributed by atoms with Crippen molar-refractivity contribution in [1.29, 1.82) is 0 Å². The highest BCUT2D eigenvalue weighted by Gasteiger charge is 2.36. The van der Waals surface area contributed by atoms with E-state index in [1.54, 1.807) is 6.20 Å². The van der Waals surface area contributed by atoms with Crippen LogP contribution in [0.3, 0.4) is 0 Å². The summed E-state index contributed by atoms with van der Waals surface area (Å²) in [6.07, 6.45) is 6.12. The molecule has 3 nitrogen and oxygen atoms in total. The predicted octanol–water partition coefficient (Wildman–Crippen LogP) is 2.70. The third kappa shape index (κ3) is 2.02. The van der Waals surface area contributed by atoms with Crippen LogP contribution in [0.2, 0.25) is 5.02 Å². The maximum atomic E-state index is 6.01. The van der Waals surface area contributed by atoms with Gasteiger partial charge in [-0.2, -0.15) is 0 Å². The van der Waals surface area contributed by atoms with E-state index in [0.29, 0.717) is 10.8 Å². The topological polar surface area (TPSA) is 50.9 Å². The molecule has 1 aliphatic rings. The normalized spacial score (nSPS) is 24.9. The molecule has 88 valence electrons. The van der Waals surface area contributed by atoms with Crippen molar-refractivity contribution in [2.45, 2.75) is 38.1 Å². The second kappa shape index (κ2) is 4.60. The van der Waals surface area contributed by atoms with Gasteiger partial charge in [-0.05, 0) is 31.9 Å². The monoisotopic (exact) mass is 239 g/mol. The minimum atomic E-state index is -0.00324. The van der Waals surface area contributed by atoms with Gasteiger partial charge in [0.05, 0.1) is 5.02 Å². The molecule has 0 aromatic carbocycles. The van der Waals surface area contributed by atoms with Gasteiger partial charge in [0.25, 0.3) is 0 Å². The molecule has 1 saturated heterocycles. The molecule has 1 aliphatic heterocycles. The highest BCUT2D eigenvalue weighted by atomic mass is 35.5. The third-order valence-electron chi connectivity index (χ3n) is 3.32. The highest BCUT2D eigenvalue weighted by molar-refractivity contribution is 6.30. The first kappa shape index (κ1) is 11.7. The van der Waals surface area contributed by atoms with Gasteiger partial charge < -0.3 is 11.1 Å². The van der Waals surface area contributed by atoms with Crippen molar-refractivity contribution in [2.75, 3.05) is 12.3 Å². The smallest absolute Gasteiger partial charge is 0.128 e. The van der Waals surface area contributed by atoms with Crippen molar-refractivity contribution >= 4 is 17.4 Å². The Kier molecular flexibility index (Phi) is 3.36. The van der Waals surface area contributed by atoms with Crippen LogP contribution in [0.1, 0.15) is 38.2 Å². The summed E-state index contributed by atoms with van der Waals surface area (Å²) in [5, 5.41) is 4.24. The molecule has 0 spiro atoms. The number of nitrogen functional groups attached to an aromatic ring is 1. The number of halogens is 1. The molecule has 0 amide bonds. The van der Waals surface area contributed by atoms with Crippen LogP contribution in [0.25, 0.3) is 0 Å². The molecule has 0 saturated carbocycles. The molecular formula is C12H18ClN3. The van der Waals surface area contributed by atoms with Gasteiger partial charge in [0.2, 0.25) is 0 Å². The summed E-state index contributed by atoms with van der Waals surface area (Å²) in [5.74, 6) is 0.604. The Morgan fingerprint density at radius 2 is 2.44 bits per heavy atom. The van der Waals surface area contributed by atoms with Gasteiger partial charge in [0, 0.05) is 17.3 Å². The molecular weight excluding hydrogens is 222 g/mol. The Hall–Kier alpha value is -0.800. The van der Waals surface area contributed by atoms with Crippen LogP contribution < -0.4 is 11.1 Å². The van der Waals surface area contributed by atoms with Gasteiger partial charge in [0.15, 0.2) is 0 Å². The Bertz CT molecular complexity index is 373. The SMILES string of the molecule is CCCC1(c2cc(Cl)cnc2N)CCCN1. The Morgan fingerprint density at radius 3 is 3.06 bits per heavy atom. The molecule has 4 heteroatoms. The van der Waals surface area contributed by atoms with Crippen molar-refractivity contribution in [3.8, 4) is 0 Å². The Morgan fingerprint density at radius 1 is 1.62 bits per heavy atom. The largest absolute Gasteiger partial charge is 0.383 e. The molecule has 1 unspecified atom stereocenters. The van der Waals surface area contributed by atoms with Gasteiger partial charge >= 0.3 is 0 Å². The van der Waals surface area contributed by atoms with E-state index in [-0.39, 0.29) is 5.54 Å². The first-order chi connectivity index (χ1) is 7.68. The van der Waals surface area contributed by atoms with E-state index < -0.39 is 0 Å². The number of pyridine rings is 1. The Balaban J connectivity index is 2.42. The fraction of sp³-hybridized carbons (Fsp3) is 0.583. The van der Waals surface area contributed by atoms with Gasteiger partial charge in [-0.1, -0.05) is 24.9 Å². The zero-order valence-electron chi connectivity index (χ0n) is 9.59. The molecule has 2 heterocycles. The summed E-state index contributed by atoms with van der Waals surface area (Å²) in [4.78, 5) is 4.16. The first-order valence-electron chi connectivity index (χ1n) is 5.84. The number of aromatic nitrogens is 1. The molecule has 1 aromatic rings. The van der Waals surface area contributed by atoms with Crippen molar-refractivity contribution in [3.05, 3.63) is 22.8 Å². The maximum Gasteiger partial charge on any atom is 0.128 e. The zero-order chi connectivity index (χ0) is 11.6. The van der Waals surface area contributed by atoms with Crippen molar-refractivity contribution in [1.82, 2.24) is 10.3 Å². The fourth-order valence-corrected chi connectivity index (χ4v) is 2.80. The fourth-order valence-electron chi connectivity index (χ4n) is 2.64.